The maximum absolute atomic E-state index is 3.58. The fraction of sp³-hybridized carbons (Fsp3) is 0.579. The zero-order valence-corrected chi connectivity index (χ0v) is 14.8. The molecule has 1 heterocycles. The number of quaternary nitrogens is 2. The number of benzene rings is 1. The molecule has 3 aliphatic rings. The van der Waals surface area contributed by atoms with E-state index < -0.39 is 0 Å². The molecule has 1 saturated heterocycles. The molecule has 2 nitrogen and oxygen atoms in total. The van der Waals surface area contributed by atoms with Crippen molar-refractivity contribution in [3.05, 3.63) is 46.5 Å². The van der Waals surface area contributed by atoms with Gasteiger partial charge in [0.2, 0.25) is 0 Å². The molecule has 4 rings (SSSR count). The van der Waals surface area contributed by atoms with E-state index in [0.717, 1.165) is 17.8 Å². The van der Waals surface area contributed by atoms with Crippen LogP contribution in [0.4, 0.5) is 0 Å². The molecule has 2 fully saturated rings. The summed E-state index contributed by atoms with van der Waals surface area (Å²) < 4.78 is 1.21. The van der Waals surface area contributed by atoms with Crippen LogP contribution in [0.15, 0.2) is 40.9 Å². The third-order valence-electron chi connectivity index (χ3n) is 5.97. The number of hydrogen-bond acceptors (Lipinski definition) is 0. The summed E-state index contributed by atoms with van der Waals surface area (Å²) in [6.45, 7) is 8.00. The predicted molar refractivity (Wildman–Crippen MR) is 93.0 cm³/mol. The van der Waals surface area contributed by atoms with Crippen LogP contribution >= 0.6 is 15.9 Å². The van der Waals surface area contributed by atoms with Crippen LogP contribution in [0.2, 0.25) is 0 Å². The van der Waals surface area contributed by atoms with Crippen LogP contribution < -0.4 is 9.80 Å². The van der Waals surface area contributed by atoms with Crippen LogP contribution in [-0.4, -0.2) is 32.7 Å². The summed E-state index contributed by atoms with van der Waals surface area (Å²) in [6, 6.07) is 8.81. The maximum Gasteiger partial charge on any atom is 0.127 e. The molecule has 3 atom stereocenters. The fourth-order valence-corrected chi connectivity index (χ4v) is 5.22. The van der Waals surface area contributed by atoms with Gasteiger partial charge in [0.25, 0.3) is 0 Å². The molecule has 2 aliphatic carbocycles. The van der Waals surface area contributed by atoms with E-state index in [1.807, 2.05) is 4.90 Å². The number of nitrogens with one attached hydrogen (secondary N) is 2. The van der Waals surface area contributed by atoms with Gasteiger partial charge in [-0.3, -0.25) is 0 Å². The van der Waals surface area contributed by atoms with Crippen molar-refractivity contribution in [2.24, 2.45) is 17.8 Å². The molecule has 0 spiro atoms. The predicted octanol–water partition coefficient (Wildman–Crippen LogP) is 0.945. The van der Waals surface area contributed by atoms with Gasteiger partial charge in [-0.15, -0.1) is 0 Å². The first-order chi connectivity index (χ1) is 10.8. The summed E-state index contributed by atoms with van der Waals surface area (Å²) in [5, 5.41) is 0. The molecule has 0 unspecified atom stereocenters. The molecule has 2 N–H and O–H groups in total. The van der Waals surface area contributed by atoms with E-state index in [1.165, 1.54) is 62.1 Å². The second-order valence-electron chi connectivity index (χ2n) is 7.55. The van der Waals surface area contributed by atoms with Gasteiger partial charge < -0.3 is 9.80 Å². The lowest BCUT2D eigenvalue weighted by Gasteiger charge is -2.32. The zero-order valence-electron chi connectivity index (χ0n) is 13.2. The summed E-state index contributed by atoms with van der Waals surface area (Å²) in [5.74, 6) is 2.83. The highest BCUT2D eigenvalue weighted by atomic mass is 79.9. The van der Waals surface area contributed by atoms with E-state index in [2.05, 4.69) is 52.3 Å². The van der Waals surface area contributed by atoms with Crippen molar-refractivity contribution in [1.82, 2.24) is 0 Å². The Morgan fingerprint density at radius 3 is 2.50 bits per heavy atom. The van der Waals surface area contributed by atoms with Crippen molar-refractivity contribution >= 4 is 15.9 Å². The highest BCUT2D eigenvalue weighted by molar-refractivity contribution is 9.10. The molecule has 0 aromatic heterocycles. The maximum atomic E-state index is 3.58. The van der Waals surface area contributed by atoms with Crippen LogP contribution in [0.25, 0.3) is 0 Å². The average Bonchev–Trinajstić information content (AvgIpc) is 3.12. The minimum Gasteiger partial charge on any atom is -0.325 e. The Bertz CT molecular complexity index is 548. The van der Waals surface area contributed by atoms with Crippen molar-refractivity contribution < 1.29 is 9.80 Å². The molecule has 0 radical (unpaired) electrons. The molecule has 22 heavy (non-hydrogen) atoms. The standard InChI is InChI=1S/C19H25BrN2/c20-19-3-1-2-16(12-19)13-21-6-8-22(9-7-21)14-18-11-15-4-5-17(18)10-15/h1-5,12,15,17-18H,6-11,13-14H2/p+2/t15-,17-,18+/m0/s1. The van der Waals surface area contributed by atoms with Gasteiger partial charge in [0.1, 0.15) is 32.7 Å². The van der Waals surface area contributed by atoms with Gasteiger partial charge >= 0.3 is 0 Å². The lowest BCUT2D eigenvalue weighted by atomic mass is 9.93. The van der Waals surface area contributed by atoms with Crippen LogP contribution in [-0.2, 0) is 6.54 Å². The van der Waals surface area contributed by atoms with E-state index in [4.69, 9.17) is 0 Å². The average molecular weight is 363 g/mol. The van der Waals surface area contributed by atoms with Gasteiger partial charge in [-0.05, 0) is 36.8 Å². The molecular formula is C19H27BrN2+2. The van der Waals surface area contributed by atoms with Gasteiger partial charge in [0, 0.05) is 16.0 Å². The molecule has 118 valence electrons. The Morgan fingerprint density at radius 1 is 1.00 bits per heavy atom. The van der Waals surface area contributed by atoms with E-state index in [9.17, 15) is 0 Å². The zero-order chi connectivity index (χ0) is 14.9. The van der Waals surface area contributed by atoms with E-state index in [1.54, 1.807) is 4.90 Å². The molecule has 1 aromatic rings. The van der Waals surface area contributed by atoms with Gasteiger partial charge in [0.15, 0.2) is 0 Å². The molecule has 2 bridgehead atoms. The molecular weight excluding hydrogens is 336 g/mol. The van der Waals surface area contributed by atoms with Crippen LogP contribution in [0.5, 0.6) is 0 Å². The first kappa shape index (κ1) is 14.9. The third-order valence-corrected chi connectivity index (χ3v) is 6.47. The highest BCUT2D eigenvalue weighted by Gasteiger charge is 2.38. The van der Waals surface area contributed by atoms with Crippen molar-refractivity contribution in [3.63, 3.8) is 0 Å². The number of hydrogen-bond donors (Lipinski definition) is 2. The minimum absolute atomic E-state index is 0.921. The molecule has 1 aliphatic heterocycles. The fourth-order valence-electron chi connectivity index (χ4n) is 4.77. The molecule has 3 heteroatoms. The van der Waals surface area contributed by atoms with Gasteiger partial charge in [0.05, 0.1) is 6.54 Å². The number of fused-ring (bicyclic) bond motifs is 2. The lowest BCUT2D eigenvalue weighted by molar-refractivity contribution is -1.02. The summed E-state index contributed by atoms with van der Waals surface area (Å²) in [4.78, 5) is 3.62. The normalized spacial score (nSPS) is 36.9. The first-order valence-corrected chi connectivity index (χ1v) is 9.65. The van der Waals surface area contributed by atoms with Gasteiger partial charge in [-0.2, -0.15) is 0 Å². The lowest BCUT2D eigenvalue weighted by Crippen LogP contribution is -3.27. The van der Waals surface area contributed by atoms with Crippen molar-refractivity contribution in [2.45, 2.75) is 19.4 Å². The Kier molecular flexibility index (Phi) is 4.38. The molecule has 1 saturated carbocycles. The Labute approximate surface area is 142 Å². The Hall–Kier alpha value is -0.640. The second kappa shape index (κ2) is 6.46. The summed E-state index contributed by atoms with van der Waals surface area (Å²) in [7, 11) is 0. The van der Waals surface area contributed by atoms with Crippen molar-refractivity contribution in [3.8, 4) is 0 Å². The quantitative estimate of drug-likeness (QED) is 0.737. The summed E-state index contributed by atoms with van der Waals surface area (Å²) >= 11 is 3.58. The monoisotopic (exact) mass is 362 g/mol. The molecule has 1 aromatic carbocycles. The number of halogens is 1. The van der Waals surface area contributed by atoms with E-state index >= 15 is 0 Å². The summed E-state index contributed by atoms with van der Waals surface area (Å²) in [6.07, 6.45) is 7.90. The number of rotatable bonds is 4. The second-order valence-corrected chi connectivity index (χ2v) is 8.47. The van der Waals surface area contributed by atoms with E-state index in [0.29, 0.717) is 0 Å². The van der Waals surface area contributed by atoms with Gasteiger partial charge in [-0.25, -0.2) is 0 Å². The SMILES string of the molecule is Brc1cccc(C[NH+]2CC[NH+](C[C@H]3C[C@H]4C=C[C@H]3C4)CC2)c1. The minimum atomic E-state index is 0.921. The number of allylic oxidation sites excluding steroid dienone is 2. The largest absolute Gasteiger partial charge is 0.325 e. The first-order valence-electron chi connectivity index (χ1n) is 8.86. The topological polar surface area (TPSA) is 8.88 Å². The third kappa shape index (κ3) is 3.32. The van der Waals surface area contributed by atoms with Crippen molar-refractivity contribution in [1.29, 1.82) is 0 Å². The summed E-state index contributed by atoms with van der Waals surface area (Å²) in [5.41, 5.74) is 1.46. The van der Waals surface area contributed by atoms with Crippen LogP contribution in [0.3, 0.4) is 0 Å². The number of piperazine rings is 1. The van der Waals surface area contributed by atoms with Crippen LogP contribution in [0.1, 0.15) is 18.4 Å². The van der Waals surface area contributed by atoms with Gasteiger partial charge in [-0.1, -0.05) is 40.2 Å². The van der Waals surface area contributed by atoms with E-state index in [-0.39, 0.29) is 0 Å². The molecule has 0 amide bonds. The highest BCUT2D eigenvalue weighted by Crippen LogP contribution is 2.42. The Morgan fingerprint density at radius 2 is 1.82 bits per heavy atom. The smallest absolute Gasteiger partial charge is 0.127 e. The van der Waals surface area contributed by atoms with Crippen LogP contribution in [0, 0.1) is 17.8 Å². The van der Waals surface area contributed by atoms with Crippen molar-refractivity contribution in [2.75, 3.05) is 32.7 Å². The Balaban J connectivity index is 1.25.